The Morgan fingerprint density at radius 3 is 2.88 bits per heavy atom. The Bertz CT molecular complexity index is 671. The van der Waals surface area contributed by atoms with Crippen molar-refractivity contribution in [2.45, 2.75) is 6.92 Å². The van der Waals surface area contributed by atoms with E-state index in [-0.39, 0.29) is 0 Å². The van der Waals surface area contributed by atoms with Crippen LogP contribution in [-0.2, 0) is 7.05 Å². The van der Waals surface area contributed by atoms with E-state index in [1.54, 1.807) is 4.68 Å². The molecule has 0 radical (unpaired) electrons. The van der Waals surface area contributed by atoms with Gasteiger partial charge in [-0.3, -0.25) is 4.68 Å². The molecule has 0 bridgehead atoms. The molecule has 0 aliphatic heterocycles. The van der Waals surface area contributed by atoms with Crippen molar-refractivity contribution in [2.24, 2.45) is 7.05 Å². The van der Waals surface area contributed by atoms with Gasteiger partial charge >= 0.3 is 0 Å². The van der Waals surface area contributed by atoms with Crippen LogP contribution in [0.4, 0.5) is 5.82 Å². The van der Waals surface area contributed by atoms with Crippen molar-refractivity contribution < 1.29 is 0 Å². The van der Waals surface area contributed by atoms with Gasteiger partial charge in [-0.15, -0.1) is 0 Å². The lowest BCUT2D eigenvalue weighted by Crippen LogP contribution is -1.96. The standard InChI is InChI=1S/C13H14N4/c1-8-4-3-5-10-13(8)9(7-15-10)11-6-12(14)17(2)16-11/h3-7,15H,14H2,1-2H3. The fourth-order valence-electron chi connectivity index (χ4n) is 2.18. The van der Waals surface area contributed by atoms with Gasteiger partial charge in [0.1, 0.15) is 5.82 Å². The maximum absolute atomic E-state index is 5.82. The highest BCUT2D eigenvalue weighted by molar-refractivity contribution is 5.97. The number of nitrogens with zero attached hydrogens (tertiary/aromatic N) is 2. The summed E-state index contributed by atoms with van der Waals surface area (Å²) in [4.78, 5) is 3.27. The van der Waals surface area contributed by atoms with Crippen molar-refractivity contribution in [2.75, 3.05) is 5.73 Å². The Labute approximate surface area is 99.1 Å². The third kappa shape index (κ3) is 1.41. The minimum atomic E-state index is 0.669. The summed E-state index contributed by atoms with van der Waals surface area (Å²) in [6.07, 6.45) is 1.99. The van der Waals surface area contributed by atoms with Crippen molar-refractivity contribution in [1.82, 2.24) is 14.8 Å². The second kappa shape index (κ2) is 3.38. The SMILES string of the molecule is Cc1cccc2[nH]cc(-c3cc(N)n(C)n3)c12. The largest absolute Gasteiger partial charge is 0.384 e. The van der Waals surface area contributed by atoms with Gasteiger partial charge in [-0.25, -0.2) is 0 Å². The molecule has 4 nitrogen and oxygen atoms in total. The first-order chi connectivity index (χ1) is 8.16. The predicted octanol–water partition coefficient (Wildman–Crippen LogP) is 2.46. The number of aromatic nitrogens is 3. The first-order valence-corrected chi connectivity index (χ1v) is 5.53. The summed E-state index contributed by atoms with van der Waals surface area (Å²) in [5.74, 6) is 0.669. The molecule has 0 aliphatic rings. The zero-order chi connectivity index (χ0) is 12.0. The summed E-state index contributed by atoms with van der Waals surface area (Å²) in [6, 6.07) is 8.11. The second-order valence-corrected chi connectivity index (χ2v) is 4.28. The third-order valence-electron chi connectivity index (χ3n) is 3.11. The molecular formula is C13H14N4. The fraction of sp³-hybridized carbons (Fsp3) is 0.154. The molecule has 3 N–H and O–H groups in total. The van der Waals surface area contributed by atoms with E-state index in [0.717, 1.165) is 16.8 Å². The minimum Gasteiger partial charge on any atom is -0.384 e. The highest BCUT2D eigenvalue weighted by Gasteiger charge is 2.11. The first-order valence-electron chi connectivity index (χ1n) is 5.53. The molecule has 1 aromatic carbocycles. The molecule has 0 amide bonds. The fourth-order valence-corrected chi connectivity index (χ4v) is 2.18. The van der Waals surface area contributed by atoms with E-state index in [4.69, 9.17) is 5.73 Å². The Hall–Kier alpha value is -2.23. The molecule has 86 valence electrons. The van der Waals surface area contributed by atoms with Crippen molar-refractivity contribution in [3.05, 3.63) is 36.0 Å². The summed E-state index contributed by atoms with van der Waals surface area (Å²) in [5.41, 5.74) is 10.2. The topological polar surface area (TPSA) is 59.6 Å². The van der Waals surface area contributed by atoms with Crippen LogP contribution in [0.15, 0.2) is 30.5 Å². The van der Waals surface area contributed by atoms with Gasteiger partial charge in [-0.05, 0) is 18.6 Å². The summed E-state index contributed by atoms with van der Waals surface area (Å²) < 4.78 is 1.69. The predicted molar refractivity (Wildman–Crippen MR) is 69.7 cm³/mol. The van der Waals surface area contributed by atoms with Gasteiger partial charge in [0.2, 0.25) is 0 Å². The quantitative estimate of drug-likeness (QED) is 0.669. The van der Waals surface area contributed by atoms with Crippen LogP contribution >= 0.6 is 0 Å². The van der Waals surface area contributed by atoms with Gasteiger partial charge < -0.3 is 10.7 Å². The molecule has 0 fully saturated rings. The van der Waals surface area contributed by atoms with Crippen LogP contribution in [0.5, 0.6) is 0 Å². The zero-order valence-corrected chi connectivity index (χ0v) is 9.86. The molecule has 17 heavy (non-hydrogen) atoms. The third-order valence-corrected chi connectivity index (χ3v) is 3.11. The van der Waals surface area contributed by atoms with E-state index in [9.17, 15) is 0 Å². The molecular weight excluding hydrogens is 212 g/mol. The minimum absolute atomic E-state index is 0.669. The van der Waals surface area contributed by atoms with E-state index in [0.29, 0.717) is 5.82 Å². The molecule has 0 saturated heterocycles. The average Bonchev–Trinajstić information content (AvgIpc) is 2.85. The number of aryl methyl sites for hydroxylation is 2. The number of rotatable bonds is 1. The van der Waals surface area contributed by atoms with Crippen molar-refractivity contribution in [1.29, 1.82) is 0 Å². The number of nitrogens with one attached hydrogen (secondary N) is 1. The summed E-state index contributed by atoms with van der Waals surface area (Å²) in [6.45, 7) is 2.10. The summed E-state index contributed by atoms with van der Waals surface area (Å²) >= 11 is 0. The first kappa shape index (κ1) is 9.96. The van der Waals surface area contributed by atoms with Crippen LogP contribution in [0.2, 0.25) is 0 Å². The summed E-state index contributed by atoms with van der Waals surface area (Å²) in [7, 11) is 1.85. The number of benzene rings is 1. The van der Waals surface area contributed by atoms with Crippen LogP contribution in [-0.4, -0.2) is 14.8 Å². The normalized spacial score (nSPS) is 11.2. The molecule has 0 atom stereocenters. The van der Waals surface area contributed by atoms with Crippen molar-refractivity contribution in [3.63, 3.8) is 0 Å². The maximum atomic E-state index is 5.82. The van der Waals surface area contributed by atoms with E-state index in [1.165, 1.54) is 10.9 Å². The van der Waals surface area contributed by atoms with Crippen LogP contribution in [0, 0.1) is 6.92 Å². The average molecular weight is 226 g/mol. The van der Waals surface area contributed by atoms with Crippen LogP contribution in [0.1, 0.15) is 5.56 Å². The molecule has 3 rings (SSSR count). The summed E-state index contributed by atoms with van der Waals surface area (Å²) in [5, 5.41) is 5.63. The maximum Gasteiger partial charge on any atom is 0.121 e. The lowest BCUT2D eigenvalue weighted by Gasteiger charge is -1.98. The van der Waals surface area contributed by atoms with Crippen LogP contribution in [0.25, 0.3) is 22.2 Å². The number of nitrogen functional groups attached to an aromatic ring is 1. The Balaban J connectivity index is 2.31. The number of hydrogen-bond acceptors (Lipinski definition) is 2. The molecule has 0 spiro atoms. The van der Waals surface area contributed by atoms with E-state index < -0.39 is 0 Å². The lowest BCUT2D eigenvalue weighted by atomic mass is 10.1. The van der Waals surface area contributed by atoms with Crippen molar-refractivity contribution >= 4 is 16.7 Å². The van der Waals surface area contributed by atoms with Gasteiger partial charge in [0, 0.05) is 35.8 Å². The van der Waals surface area contributed by atoms with Crippen LogP contribution in [0.3, 0.4) is 0 Å². The van der Waals surface area contributed by atoms with Gasteiger partial charge in [-0.2, -0.15) is 5.10 Å². The van der Waals surface area contributed by atoms with Gasteiger partial charge in [0.15, 0.2) is 0 Å². The zero-order valence-electron chi connectivity index (χ0n) is 9.86. The van der Waals surface area contributed by atoms with E-state index in [1.807, 2.05) is 25.4 Å². The molecule has 4 heteroatoms. The molecule has 0 unspecified atom stereocenters. The number of hydrogen-bond donors (Lipinski definition) is 2. The van der Waals surface area contributed by atoms with E-state index >= 15 is 0 Å². The number of aromatic amines is 1. The number of H-pyrrole nitrogens is 1. The number of fused-ring (bicyclic) bond motifs is 1. The highest BCUT2D eigenvalue weighted by atomic mass is 15.3. The van der Waals surface area contributed by atoms with E-state index in [2.05, 4.69) is 29.1 Å². The second-order valence-electron chi connectivity index (χ2n) is 4.28. The molecule has 0 aliphatic carbocycles. The van der Waals surface area contributed by atoms with Gasteiger partial charge in [-0.1, -0.05) is 12.1 Å². The Morgan fingerprint density at radius 2 is 2.18 bits per heavy atom. The smallest absolute Gasteiger partial charge is 0.121 e. The number of anilines is 1. The molecule has 3 aromatic rings. The Kier molecular flexibility index (Phi) is 1.98. The van der Waals surface area contributed by atoms with Gasteiger partial charge in [0.05, 0.1) is 5.69 Å². The highest BCUT2D eigenvalue weighted by Crippen LogP contribution is 2.30. The van der Waals surface area contributed by atoms with Crippen LogP contribution < -0.4 is 5.73 Å². The lowest BCUT2D eigenvalue weighted by molar-refractivity contribution is 0.782. The Morgan fingerprint density at radius 1 is 1.35 bits per heavy atom. The van der Waals surface area contributed by atoms with Gasteiger partial charge in [0.25, 0.3) is 0 Å². The van der Waals surface area contributed by atoms with Crippen molar-refractivity contribution in [3.8, 4) is 11.3 Å². The monoisotopic (exact) mass is 226 g/mol. The molecule has 2 heterocycles. The molecule has 2 aromatic heterocycles. The number of nitrogens with two attached hydrogens (primary N) is 1. The molecule has 0 saturated carbocycles.